The van der Waals surface area contributed by atoms with E-state index in [4.69, 9.17) is 16.7 Å². The molecule has 0 saturated heterocycles. The summed E-state index contributed by atoms with van der Waals surface area (Å²) in [6, 6.07) is 1.74. The molecule has 3 aromatic rings. The first kappa shape index (κ1) is 14.6. The van der Waals surface area contributed by atoms with Gasteiger partial charge < -0.3 is 15.0 Å². The number of aromatic nitrogens is 5. The number of fused-ring (bicyclic) bond motifs is 1. The third-order valence-electron chi connectivity index (χ3n) is 3.06. The van der Waals surface area contributed by atoms with Gasteiger partial charge in [0.2, 0.25) is 5.28 Å². The first-order valence-corrected chi connectivity index (χ1v) is 6.88. The Morgan fingerprint density at radius 3 is 2.95 bits per heavy atom. The van der Waals surface area contributed by atoms with Gasteiger partial charge in [-0.25, -0.2) is 14.4 Å². The van der Waals surface area contributed by atoms with Crippen molar-refractivity contribution < 1.29 is 9.50 Å². The monoisotopic (exact) mass is 322 g/mol. The van der Waals surface area contributed by atoms with Crippen LogP contribution in [0.15, 0.2) is 24.8 Å². The van der Waals surface area contributed by atoms with Gasteiger partial charge in [0.1, 0.15) is 17.8 Å². The molecule has 0 aliphatic heterocycles. The third kappa shape index (κ3) is 2.83. The zero-order valence-corrected chi connectivity index (χ0v) is 12.1. The number of hydrogen-bond acceptors (Lipinski definition) is 6. The molecule has 0 radical (unpaired) electrons. The van der Waals surface area contributed by atoms with Gasteiger partial charge in [-0.1, -0.05) is 0 Å². The fourth-order valence-corrected chi connectivity index (χ4v) is 2.28. The van der Waals surface area contributed by atoms with Crippen LogP contribution in [0.5, 0.6) is 0 Å². The predicted molar refractivity (Wildman–Crippen MR) is 78.9 cm³/mol. The highest BCUT2D eigenvalue weighted by Gasteiger charge is 2.16. The number of aliphatic hydroxyl groups is 1. The molecule has 0 atom stereocenters. The first-order chi connectivity index (χ1) is 10.7. The molecule has 3 heterocycles. The van der Waals surface area contributed by atoms with Crippen LogP contribution in [0, 0.1) is 5.82 Å². The second-order valence-corrected chi connectivity index (χ2v) is 4.83. The van der Waals surface area contributed by atoms with Crippen molar-refractivity contribution in [1.82, 2.24) is 24.5 Å². The average Bonchev–Trinajstić information content (AvgIpc) is 2.82. The Labute approximate surface area is 129 Å². The smallest absolute Gasteiger partial charge is 0.226 e. The number of aliphatic hydroxyl groups excluding tert-OH is 1. The molecule has 22 heavy (non-hydrogen) atoms. The third-order valence-corrected chi connectivity index (χ3v) is 3.23. The molecule has 0 aromatic carbocycles. The lowest BCUT2D eigenvalue weighted by molar-refractivity contribution is 0.277. The molecule has 0 unspecified atom stereocenters. The summed E-state index contributed by atoms with van der Waals surface area (Å²) in [6.45, 7) is 0.434. The van der Waals surface area contributed by atoms with E-state index >= 15 is 0 Å². The van der Waals surface area contributed by atoms with Crippen molar-refractivity contribution in [3.05, 3.63) is 41.6 Å². The number of halogens is 2. The van der Waals surface area contributed by atoms with Gasteiger partial charge in [0.25, 0.3) is 0 Å². The van der Waals surface area contributed by atoms with Crippen molar-refractivity contribution >= 4 is 28.5 Å². The van der Waals surface area contributed by atoms with E-state index in [0.29, 0.717) is 12.2 Å². The highest BCUT2D eigenvalue weighted by Crippen LogP contribution is 2.26. The van der Waals surface area contributed by atoms with Crippen LogP contribution in [-0.2, 0) is 13.1 Å². The predicted octanol–water partition coefficient (Wildman–Crippen LogP) is 1.62. The topological polar surface area (TPSA) is 88.8 Å². The van der Waals surface area contributed by atoms with E-state index in [1.54, 1.807) is 12.3 Å². The number of hydrogen-bond donors (Lipinski definition) is 2. The molecule has 114 valence electrons. The van der Waals surface area contributed by atoms with Crippen LogP contribution in [-0.4, -0.2) is 36.2 Å². The molecule has 0 spiro atoms. The number of anilines is 1. The van der Waals surface area contributed by atoms with E-state index in [9.17, 15) is 4.39 Å². The summed E-state index contributed by atoms with van der Waals surface area (Å²) in [5.41, 5.74) is 1.06. The average molecular weight is 323 g/mol. The summed E-state index contributed by atoms with van der Waals surface area (Å²) in [5, 5.41) is 12.3. The maximum absolute atomic E-state index is 14.2. The molecule has 0 saturated carbocycles. The highest BCUT2D eigenvalue weighted by molar-refractivity contribution is 6.28. The zero-order valence-electron chi connectivity index (χ0n) is 11.4. The lowest BCUT2D eigenvalue weighted by Crippen LogP contribution is -2.06. The Bertz CT molecular complexity index is 794. The maximum Gasteiger partial charge on any atom is 0.226 e. The minimum atomic E-state index is -0.481. The van der Waals surface area contributed by atoms with Gasteiger partial charge in [-0.2, -0.15) is 9.97 Å². The molecule has 0 aliphatic rings. The summed E-state index contributed by atoms with van der Waals surface area (Å²) in [7, 11) is 0. The quantitative estimate of drug-likeness (QED) is 0.694. The molecule has 2 N–H and O–H groups in total. The van der Waals surface area contributed by atoms with Gasteiger partial charge >= 0.3 is 0 Å². The van der Waals surface area contributed by atoms with Crippen LogP contribution in [0.1, 0.15) is 5.69 Å². The van der Waals surface area contributed by atoms with E-state index in [2.05, 4.69) is 25.3 Å². The molecule has 0 amide bonds. The van der Waals surface area contributed by atoms with Crippen molar-refractivity contribution in [3.8, 4) is 0 Å². The van der Waals surface area contributed by atoms with Crippen LogP contribution in [0.2, 0.25) is 5.28 Å². The fourth-order valence-electron chi connectivity index (χ4n) is 2.12. The number of nitrogens with zero attached hydrogens (tertiary/aromatic N) is 5. The van der Waals surface area contributed by atoms with Crippen LogP contribution in [0.3, 0.4) is 0 Å². The Hall–Kier alpha value is -2.32. The normalized spacial score (nSPS) is 11.0. The van der Waals surface area contributed by atoms with Gasteiger partial charge in [0.05, 0.1) is 24.2 Å². The molecular weight excluding hydrogens is 311 g/mol. The van der Waals surface area contributed by atoms with Gasteiger partial charge in [-0.3, -0.25) is 0 Å². The largest absolute Gasteiger partial charge is 0.395 e. The first-order valence-electron chi connectivity index (χ1n) is 6.50. The number of rotatable bonds is 5. The van der Waals surface area contributed by atoms with Crippen molar-refractivity contribution in [1.29, 1.82) is 0 Å². The lowest BCUT2D eigenvalue weighted by Gasteiger charge is -2.07. The van der Waals surface area contributed by atoms with Crippen molar-refractivity contribution in [2.24, 2.45) is 0 Å². The fraction of sp³-hybridized carbons (Fsp3) is 0.231. The summed E-state index contributed by atoms with van der Waals surface area (Å²) in [4.78, 5) is 16.0. The van der Waals surface area contributed by atoms with E-state index in [1.807, 2.05) is 0 Å². The molecular formula is C13H12ClFN6O. The van der Waals surface area contributed by atoms with Gasteiger partial charge in [0, 0.05) is 18.9 Å². The van der Waals surface area contributed by atoms with Crippen molar-refractivity contribution in [2.75, 3.05) is 11.9 Å². The maximum atomic E-state index is 14.2. The Morgan fingerprint density at radius 1 is 1.36 bits per heavy atom. The van der Waals surface area contributed by atoms with Gasteiger partial charge in [-0.15, -0.1) is 0 Å². The number of nitrogens with one attached hydrogen (secondary N) is 1. The molecule has 9 heteroatoms. The van der Waals surface area contributed by atoms with Crippen LogP contribution in [0.4, 0.5) is 10.2 Å². The molecule has 0 bridgehead atoms. The van der Waals surface area contributed by atoms with Gasteiger partial charge in [0.15, 0.2) is 5.82 Å². The second kappa shape index (κ2) is 6.20. The van der Waals surface area contributed by atoms with Gasteiger partial charge in [-0.05, 0) is 17.7 Å². The Kier molecular flexibility index (Phi) is 4.12. The zero-order chi connectivity index (χ0) is 15.5. The van der Waals surface area contributed by atoms with E-state index < -0.39 is 5.82 Å². The van der Waals surface area contributed by atoms with Crippen molar-refractivity contribution in [2.45, 2.75) is 13.1 Å². The summed E-state index contributed by atoms with van der Waals surface area (Å²) in [6.07, 6.45) is 4.31. The molecule has 0 aliphatic carbocycles. The van der Waals surface area contributed by atoms with E-state index in [1.165, 1.54) is 17.1 Å². The van der Waals surface area contributed by atoms with Crippen LogP contribution in [0.25, 0.3) is 11.0 Å². The summed E-state index contributed by atoms with van der Waals surface area (Å²) < 4.78 is 15.7. The lowest BCUT2D eigenvalue weighted by atomic mass is 10.3. The summed E-state index contributed by atoms with van der Waals surface area (Å²) >= 11 is 5.90. The summed E-state index contributed by atoms with van der Waals surface area (Å²) in [5.74, 6) is -0.201. The van der Waals surface area contributed by atoms with E-state index in [0.717, 1.165) is 5.69 Å². The highest BCUT2D eigenvalue weighted by atomic mass is 35.5. The molecule has 3 aromatic heterocycles. The second-order valence-electron chi connectivity index (χ2n) is 4.49. The van der Waals surface area contributed by atoms with Crippen molar-refractivity contribution in [3.63, 3.8) is 0 Å². The standard InChI is InChI=1S/C13H12ClFN6O/c14-13-19-11(17-5-8-1-2-16-7-18-8)10-9(15)6-21(3-4-22)12(10)20-13/h1-2,6-7,22H,3-5H2,(H,17,19,20). The Balaban J connectivity index is 1.98. The van der Waals surface area contributed by atoms with Crippen LogP contribution < -0.4 is 5.32 Å². The molecule has 0 fully saturated rings. The Morgan fingerprint density at radius 2 is 2.23 bits per heavy atom. The minimum Gasteiger partial charge on any atom is -0.395 e. The molecule has 3 rings (SSSR count). The van der Waals surface area contributed by atoms with Crippen LogP contribution >= 0.6 is 11.6 Å². The molecule has 7 nitrogen and oxygen atoms in total. The SMILES string of the molecule is OCCn1cc(F)c2c(NCc3ccncn3)nc(Cl)nc21. The van der Waals surface area contributed by atoms with E-state index in [-0.39, 0.29) is 29.6 Å². The minimum absolute atomic E-state index is 0.00465.